The van der Waals surface area contributed by atoms with E-state index in [1.165, 1.54) is 40.8 Å². The number of aromatic nitrogens is 2. The minimum absolute atomic E-state index is 0. The van der Waals surface area contributed by atoms with Crippen molar-refractivity contribution in [2.45, 2.75) is 160 Å². The fraction of sp³-hybridized carbons (Fsp3) is 0.571. The highest BCUT2D eigenvalue weighted by Crippen LogP contribution is 2.32. The number of rotatable bonds is 0. The van der Waals surface area contributed by atoms with Gasteiger partial charge in [-0.15, -0.1) is 11.3 Å². The fourth-order valence-corrected chi connectivity index (χ4v) is 6.32. The number of pyridine rings is 1. The van der Waals surface area contributed by atoms with E-state index in [4.69, 9.17) is 16.1 Å². The van der Waals surface area contributed by atoms with Crippen molar-refractivity contribution >= 4 is 22.9 Å². The lowest BCUT2D eigenvalue weighted by Gasteiger charge is -2.19. The quantitative estimate of drug-likeness (QED) is 0.185. The molecule has 0 saturated carbocycles. The highest BCUT2D eigenvalue weighted by atomic mass is 35.5. The van der Waals surface area contributed by atoms with Gasteiger partial charge in [0.25, 0.3) is 0 Å². The molecule has 0 fully saturated rings. The van der Waals surface area contributed by atoms with Gasteiger partial charge in [-0.25, -0.2) is 0 Å². The first-order chi connectivity index (χ1) is 20.5. The highest BCUT2D eigenvalue weighted by Gasteiger charge is 2.22. The fourth-order valence-electron chi connectivity index (χ4n) is 5.22. The van der Waals surface area contributed by atoms with Crippen LogP contribution < -0.4 is 0 Å². The van der Waals surface area contributed by atoms with Crippen molar-refractivity contribution in [1.29, 1.82) is 0 Å². The second-order valence-corrected chi connectivity index (χ2v) is 18.1. The normalized spacial score (nSPS) is 12.5. The summed E-state index contributed by atoms with van der Waals surface area (Å²) < 4.78 is 5.95. The zero-order valence-corrected chi connectivity index (χ0v) is 32.4. The van der Waals surface area contributed by atoms with E-state index in [-0.39, 0.29) is 31.1 Å². The second kappa shape index (κ2) is 17.8. The Kier molecular flexibility index (Phi) is 16.9. The molecule has 0 radical (unpaired) electrons. The van der Waals surface area contributed by atoms with Crippen molar-refractivity contribution in [2.24, 2.45) is 0 Å². The van der Waals surface area contributed by atoms with E-state index in [0.717, 1.165) is 21.5 Å². The molecule has 1 aliphatic carbocycles. The standard InChI is InChI=1S/C13H18.C10H15N.C9H15NO.C8H11ClS.2CH4/c1-13(2,3)12-8-7-10-5-4-6-11(10)9-12;1-8-5-6-9(11-7-8)10(2,3)4;1-6-8(9(3,4)5)7(2)11-10-6;1-8(2,3)6-4-5-7(9)10-6;;/h7-9H,4-6H2,1-3H3;5-7H,1-4H3;1-5H3;4-5H,1-3H3;2*1H4. The van der Waals surface area contributed by atoms with Crippen molar-refractivity contribution < 1.29 is 4.52 Å². The number of hydrogen-bond acceptors (Lipinski definition) is 4. The first-order valence-electron chi connectivity index (χ1n) is 16.2. The summed E-state index contributed by atoms with van der Waals surface area (Å²) in [7, 11) is 0. The van der Waals surface area contributed by atoms with Crippen LogP contribution in [-0.2, 0) is 34.5 Å². The van der Waals surface area contributed by atoms with Gasteiger partial charge in [0.1, 0.15) is 5.76 Å². The summed E-state index contributed by atoms with van der Waals surface area (Å²) in [6.07, 6.45) is 5.85. The molecule has 3 nitrogen and oxygen atoms in total. The highest BCUT2D eigenvalue weighted by molar-refractivity contribution is 7.16. The minimum atomic E-state index is 0. The Morgan fingerprint density at radius 3 is 1.64 bits per heavy atom. The SMILES string of the molecule is C.C.CC(C)(C)c1ccc(Cl)s1.CC(C)(C)c1ccc2c(c1)CCC2.Cc1ccc(C(C)(C)C)nc1.Cc1noc(C)c1C(C)(C)C. The Balaban J connectivity index is 0.000000595. The Morgan fingerprint density at radius 2 is 1.28 bits per heavy atom. The molecule has 0 amide bonds. The number of halogens is 1. The molecule has 3 aromatic heterocycles. The van der Waals surface area contributed by atoms with E-state index in [1.54, 1.807) is 22.5 Å². The van der Waals surface area contributed by atoms with Crippen LogP contribution in [0.4, 0.5) is 0 Å². The van der Waals surface area contributed by atoms with Gasteiger partial charge in [-0.05, 0) is 96.7 Å². The third-order valence-electron chi connectivity index (χ3n) is 7.74. The Bertz CT molecular complexity index is 1460. The Labute approximate surface area is 299 Å². The van der Waals surface area contributed by atoms with Crippen LogP contribution >= 0.6 is 22.9 Å². The molecule has 0 unspecified atom stereocenters. The van der Waals surface area contributed by atoms with E-state index in [0.29, 0.717) is 5.41 Å². The molecule has 0 bridgehead atoms. The van der Waals surface area contributed by atoms with Gasteiger partial charge in [-0.2, -0.15) is 0 Å². The molecule has 0 saturated heterocycles. The molecule has 0 N–H and O–H groups in total. The van der Waals surface area contributed by atoms with Gasteiger partial charge in [0.05, 0.1) is 10.0 Å². The van der Waals surface area contributed by atoms with Crippen LogP contribution in [0.5, 0.6) is 0 Å². The molecule has 1 aliphatic rings. The number of nitrogens with zero attached hydrogens (tertiary/aromatic N) is 2. The first-order valence-corrected chi connectivity index (χ1v) is 17.4. The largest absolute Gasteiger partial charge is 0.361 e. The van der Waals surface area contributed by atoms with Crippen LogP contribution in [0, 0.1) is 20.8 Å². The maximum absolute atomic E-state index is 5.78. The molecular formula is C42H67ClN2OS. The van der Waals surface area contributed by atoms with Gasteiger partial charge in [0, 0.05) is 27.7 Å². The average molecular weight is 684 g/mol. The average Bonchev–Trinajstić information content (AvgIpc) is 3.63. The maximum atomic E-state index is 5.78. The van der Waals surface area contributed by atoms with Crippen LogP contribution in [0.15, 0.2) is 53.2 Å². The predicted molar refractivity (Wildman–Crippen MR) is 211 cm³/mol. The summed E-state index contributed by atoms with van der Waals surface area (Å²) >= 11 is 7.45. The third kappa shape index (κ3) is 14.3. The first kappa shape index (κ1) is 44.6. The summed E-state index contributed by atoms with van der Waals surface area (Å²) in [6.45, 7) is 32.4. The van der Waals surface area contributed by atoms with Gasteiger partial charge in [-0.3, -0.25) is 4.98 Å². The summed E-state index contributed by atoms with van der Waals surface area (Å²) in [5.74, 6) is 0.940. The summed E-state index contributed by atoms with van der Waals surface area (Å²) in [6, 6.07) is 15.3. The van der Waals surface area contributed by atoms with E-state index >= 15 is 0 Å². The number of benzene rings is 1. The van der Waals surface area contributed by atoms with Gasteiger partial charge < -0.3 is 4.52 Å². The molecule has 0 atom stereocenters. The smallest absolute Gasteiger partial charge is 0.137 e. The topological polar surface area (TPSA) is 38.9 Å². The van der Waals surface area contributed by atoms with Crippen molar-refractivity contribution in [3.63, 3.8) is 0 Å². The number of aryl methyl sites for hydroxylation is 5. The zero-order chi connectivity index (χ0) is 34.4. The lowest BCUT2D eigenvalue weighted by molar-refractivity contribution is 0.389. The van der Waals surface area contributed by atoms with E-state index in [1.807, 2.05) is 26.1 Å². The van der Waals surface area contributed by atoms with Crippen LogP contribution in [0.25, 0.3) is 0 Å². The molecule has 264 valence electrons. The van der Waals surface area contributed by atoms with Crippen molar-refractivity contribution in [1.82, 2.24) is 10.1 Å². The molecule has 5 heteroatoms. The predicted octanol–water partition coefficient (Wildman–Crippen LogP) is 13.7. The number of thiophene rings is 1. The lowest BCUT2D eigenvalue weighted by atomic mass is 9.85. The second-order valence-electron chi connectivity index (χ2n) is 16.4. The van der Waals surface area contributed by atoms with E-state index in [9.17, 15) is 0 Å². The Morgan fingerprint density at radius 1 is 0.681 bits per heavy atom. The molecule has 0 aliphatic heterocycles. The van der Waals surface area contributed by atoms with Crippen molar-refractivity contribution in [2.75, 3.05) is 0 Å². The maximum Gasteiger partial charge on any atom is 0.137 e. The monoisotopic (exact) mass is 682 g/mol. The van der Waals surface area contributed by atoms with Crippen molar-refractivity contribution in [3.8, 4) is 0 Å². The van der Waals surface area contributed by atoms with Gasteiger partial charge in [-0.1, -0.05) is 139 Å². The van der Waals surface area contributed by atoms with E-state index < -0.39 is 0 Å². The van der Waals surface area contributed by atoms with Crippen LogP contribution in [0.3, 0.4) is 0 Å². The van der Waals surface area contributed by atoms with Crippen LogP contribution in [0.2, 0.25) is 4.34 Å². The van der Waals surface area contributed by atoms with Gasteiger partial charge in [0.2, 0.25) is 0 Å². The molecule has 3 heterocycles. The molecule has 4 aromatic rings. The molecule has 0 spiro atoms. The molecular weight excluding hydrogens is 616 g/mol. The summed E-state index contributed by atoms with van der Waals surface area (Å²) in [5.41, 5.74) is 10.1. The van der Waals surface area contributed by atoms with Crippen LogP contribution in [0.1, 0.15) is 154 Å². The summed E-state index contributed by atoms with van der Waals surface area (Å²) in [5, 5.41) is 3.91. The van der Waals surface area contributed by atoms with Crippen molar-refractivity contribution in [3.05, 3.63) is 103 Å². The Hall–Kier alpha value is -2.43. The number of hydrogen-bond donors (Lipinski definition) is 0. The summed E-state index contributed by atoms with van der Waals surface area (Å²) in [4.78, 5) is 5.69. The van der Waals surface area contributed by atoms with Gasteiger partial charge >= 0.3 is 0 Å². The van der Waals surface area contributed by atoms with E-state index in [2.05, 4.69) is 137 Å². The molecule has 47 heavy (non-hydrogen) atoms. The van der Waals surface area contributed by atoms with Crippen LogP contribution in [-0.4, -0.2) is 10.1 Å². The third-order valence-corrected chi connectivity index (χ3v) is 9.40. The molecule has 1 aromatic carbocycles. The lowest BCUT2D eigenvalue weighted by Crippen LogP contribution is -2.12. The van der Waals surface area contributed by atoms with Gasteiger partial charge in [0.15, 0.2) is 0 Å². The zero-order valence-electron chi connectivity index (χ0n) is 30.8. The molecule has 5 rings (SSSR count). The minimum Gasteiger partial charge on any atom is -0.361 e. The number of fused-ring (bicyclic) bond motifs is 1.